The van der Waals surface area contributed by atoms with Gasteiger partial charge < -0.3 is 16.0 Å². The van der Waals surface area contributed by atoms with E-state index in [2.05, 4.69) is 15.2 Å². The van der Waals surface area contributed by atoms with Gasteiger partial charge in [0.05, 0.1) is 0 Å². The van der Waals surface area contributed by atoms with Gasteiger partial charge in [-0.3, -0.25) is 4.99 Å². The predicted octanol–water partition coefficient (Wildman–Crippen LogP) is 2.33. The van der Waals surface area contributed by atoms with Crippen molar-refractivity contribution in [2.75, 3.05) is 19.6 Å². The van der Waals surface area contributed by atoms with E-state index in [1.165, 1.54) is 64.5 Å². The van der Waals surface area contributed by atoms with Crippen molar-refractivity contribution in [3.63, 3.8) is 0 Å². The van der Waals surface area contributed by atoms with Gasteiger partial charge in [-0.05, 0) is 57.5 Å². The summed E-state index contributed by atoms with van der Waals surface area (Å²) < 4.78 is 0. The van der Waals surface area contributed by atoms with Crippen LogP contribution in [0.1, 0.15) is 51.4 Å². The average molecular weight is 392 g/mol. The summed E-state index contributed by atoms with van der Waals surface area (Å²) in [6.45, 7) is 3.55. The van der Waals surface area contributed by atoms with Crippen LogP contribution in [0.4, 0.5) is 0 Å². The van der Waals surface area contributed by atoms with Crippen molar-refractivity contribution in [2.45, 2.75) is 63.5 Å². The molecule has 116 valence electrons. The maximum Gasteiger partial charge on any atom is 0.188 e. The van der Waals surface area contributed by atoms with E-state index in [0.717, 1.165) is 18.5 Å². The number of nitrogens with one attached hydrogen (secondary N) is 1. The number of guanidine groups is 1. The van der Waals surface area contributed by atoms with Gasteiger partial charge in [-0.25, -0.2) is 0 Å². The Morgan fingerprint density at radius 1 is 1.10 bits per heavy atom. The van der Waals surface area contributed by atoms with E-state index in [1.54, 1.807) is 0 Å². The standard InChI is InChI=1S/C15H28N4.HI/c16-15(17-11-12-5-4-6-12)18-13-9-14(10-13)19-7-2-1-3-8-19;/h12-14H,1-11H2,(H3,16,17,18);1H. The van der Waals surface area contributed by atoms with Crippen molar-refractivity contribution in [1.29, 1.82) is 0 Å². The first-order valence-electron chi connectivity index (χ1n) is 8.12. The first-order chi connectivity index (χ1) is 9.31. The Bertz CT molecular complexity index is 318. The lowest BCUT2D eigenvalue weighted by atomic mass is 9.84. The van der Waals surface area contributed by atoms with Crippen LogP contribution in [0.3, 0.4) is 0 Å². The summed E-state index contributed by atoms with van der Waals surface area (Å²) in [5.74, 6) is 1.48. The molecule has 0 spiro atoms. The lowest BCUT2D eigenvalue weighted by molar-refractivity contribution is 0.0846. The lowest BCUT2D eigenvalue weighted by Gasteiger charge is -2.44. The van der Waals surface area contributed by atoms with Crippen LogP contribution < -0.4 is 11.1 Å². The van der Waals surface area contributed by atoms with Crippen LogP contribution in [0, 0.1) is 5.92 Å². The van der Waals surface area contributed by atoms with Gasteiger partial charge in [0.1, 0.15) is 0 Å². The van der Waals surface area contributed by atoms with E-state index in [0.29, 0.717) is 12.0 Å². The maximum atomic E-state index is 5.96. The van der Waals surface area contributed by atoms with Gasteiger partial charge in [-0.1, -0.05) is 12.8 Å². The minimum atomic E-state index is 0. The number of nitrogens with two attached hydrogens (primary N) is 1. The fourth-order valence-corrected chi connectivity index (χ4v) is 3.44. The molecule has 0 aromatic rings. The van der Waals surface area contributed by atoms with E-state index in [1.807, 2.05) is 0 Å². The molecule has 3 rings (SSSR count). The third-order valence-electron chi connectivity index (χ3n) is 5.12. The minimum Gasteiger partial charge on any atom is -0.370 e. The van der Waals surface area contributed by atoms with Crippen molar-refractivity contribution in [3.8, 4) is 0 Å². The highest BCUT2D eigenvalue weighted by Crippen LogP contribution is 2.28. The van der Waals surface area contributed by atoms with Crippen LogP contribution in [0.15, 0.2) is 4.99 Å². The van der Waals surface area contributed by atoms with E-state index in [4.69, 9.17) is 5.73 Å². The van der Waals surface area contributed by atoms with E-state index >= 15 is 0 Å². The summed E-state index contributed by atoms with van der Waals surface area (Å²) in [5.41, 5.74) is 5.96. The highest BCUT2D eigenvalue weighted by atomic mass is 127. The number of hydrogen-bond donors (Lipinski definition) is 2. The first-order valence-corrected chi connectivity index (χ1v) is 8.12. The number of piperidine rings is 1. The number of aliphatic imine (C=N–C) groups is 1. The molecule has 1 heterocycles. The van der Waals surface area contributed by atoms with Crippen LogP contribution in [-0.4, -0.2) is 42.6 Å². The molecule has 0 aromatic carbocycles. The molecule has 3 fully saturated rings. The zero-order chi connectivity index (χ0) is 13.1. The van der Waals surface area contributed by atoms with Crippen molar-refractivity contribution >= 4 is 29.9 Å². The summed E-state index contributed by atoms with van der Waals surface area (Å²) in [6, 6.07) is 1.37. The molecule has 0 atom stereocenters. The van der Waals surface area contributed by atoms with Gasteiger partial charge in [-0.2, -0.15) is 0 Å². The van der Waals surface area contributed by atoms with Gasteiger partial charge in [0, 0.05) is 18.6 Å². The minimum absolute atomic E-state index is 0. The Balaban J connectivity index is 0.00000147. The highest BCUT2D eigenvalue weighted by molar-refractivity contribution is 14.0. The Morgan fingerprint density at radius 2 is 1.80 bits per heavy atom. The molecule has 0 radical (unpaired) electrons. The zero-order valence-electron chi connectivity index (χ0n) is 12.4. The smallest absolute Gasteiger partial charge is 0.188 e. The molecule has 1 saturated heterocycles. The second kappa shape index (κ2) is 7.82. The third kappa shape index (κ3) is 4.23. The molecule has 0 aromatic heterocycles. The van der Waals surface area contributed by atoms with E-state index in [9.17, 15) is 0 Å². The maximum absolute atomic E-state index is 5.96. The normalized spacial score (nSPS) is 31.9. The zero-order valence-corrected chi connectivity index (χ0v) is 14.7. The number of rotatable bonds is 4. The Labute approximate surface area is 140 Å². The lowest BCUT2D eigenvalue weighted by Crippen LogP contribution is -2.56. The molecular weight excluding hydrogens is 363 g/mol. The van der Waals surface area contributed by atoms with Crippen LogP contribution in [-0.2, 0) is 0 Å². The van der Waals surface area contributed by atoms with Crippen LogP contribution in [0.2, 0.25) is 0 Å². The molecule has 2 saturated carbocycles. The van der Waals surface area contributed by atoms with Crippen molar-refractivity contribution in [2.24, 2.45) is 16.6 Å². The SMILES string of the molecule is I.NC(=NCC1CCC1)NC1CC(N2CCCCC2)C1. The fraction of sp³-hybridized carbons (Fsp3) is 0.933. The van der Waals surface area contributed by atoms with Crippen LogP contribution >= 0.6 is 24.0 Å². The second-order valence-electron chi connectivity index (χ2n) is 6.59. The van der Waals surface area contributed by atoms with Crippen LogP contribution in [0.5, 0.6) is 0 Å². The van der Waals surface area contributed by atoms with Gasteiger partial charge >= 0.3 is 0 Å². The predicted molar refractivity (Wildman–Crippen MR) is 94.6 cm³/mol. The second-order valence-corrected chi connectivity index (χ2v) is 6.59. The average Bonchev–Trinajstić information content (AvgIpc) is 2.32. The van der Waals surface area contributed by atoms with Gasteiger partial charge in [-0.15, -0.1) is 24.0 Å². The Morgan fingerprint density at radius 3 is 2.40 bits per heavy atom. The molecule has 3 N–H and O–H groups in total. The van der Waals surface area contributed by atoms with Gasteiger partial charge in [0.2, 0.25) is 0 Å². The summed E-state index contributed by atoms with van der Waals surface area (Å²) in [7, 11) is 0. The quantitative estimate of drug-likeness (QED) is 0.439. The summed E-state index contributed by atoms with van der Waals surface area (Å²) in [5, 5.41) is 3.39. The molecule has 3 aliphatic rings. The highest BCUT2D eigenvalue weighted by Gasteiger charge is 2.34. The topological polar surface area (TPSA) is 53.6 Å². The van der Waals surface area contributed by atoms with Crippen molar-refractivity contribution in [1.82, 2.24) is 10.2 Å². The Hall–Kier alpha value is -0.0400. The van der Waals surface area contributed by atoms with Crippen molar-refractivity contribution < 1.29 is 0 Å². The molecule has 20 heavy (non-hydrogen) atoms. The molecule has 0 amide bonds. The molecule has 4 nitrogen and oxygen atoms in total. The summed E-state index contributed by atoms with van der Waals surface area (Å²) in [6.07, 6.45) is 10.8. The van der Waals surface area contributed by atoms with Crippen molar-refractivity contribution in [3.05, 3.63) is 0 Å². The van der Waals surface area contributed by atoms with E-state index in [-0.39, 0.29) is 24.0 Å². The first kappa shape index (κ1) is 16.3. The number of hydrogen-bond acceptors (Lipinski definition) is 2. The number of nitrogens with zero attached hydrogens (tertiary/aromatic N) is 2. The Kier molecular flexibility index (Phi) is 6.39. The monoisotopic (exact) mass is 392 g/mol. The summed E-state index contributed by atoms with van der Waals surface area (Å²) >= 11 is 0. The molecule has 2 aliphatic carbocycles. The summed E-state index contributed by atoms with van der Waals surface area (Å²) in [4.78, 5) is 7.15. The molecule has 0 bridgehead atoms. The molecular formula is C15H29IN4. The fourth-order valence-electron chi connectivity index (χ4n) is 3.44. The third-order valence-corrected chi connectivity index (χ3v) is 5.12. The van der Waals surface area contributed by atoms with Gasteiger partial charge in [0.15, 0.2) is 5.96 Å². The molecule has 5 heteroatoms. The number of halogens is 1. The number of likely N-dealkylation sites (tertiary alicyclic amines) is 1. The van der Waals surface area contributed by atoms with E-state index < -0.39 is 0 Å². The molecule has 1 aliphatic heterocycles. The largest absolute Gasteiger partial charge is 0.370 e. The van der Waals surface area contributed by atoms with Crippen LogP contribution in [0.25, 0.3) is 0 Å². The van der Waals surface area contributed by atoms with Gasteiger partial charge in [0.25, 0.3) is 0 Å². The molecule has 0 unspecified atom stereocenters.